The molecule has 3 aliphatic rings. The lowest BCUT2D eigenvalue weighted by atomic mass is 9.36. The summed E-state index contributed by atoms with van der Waals surface area (Å²) in [5.74, 6) is 0. The maximum Gasteiger partial charge on any atom is 0.264 e. The first-order valence-corrected chi connectivity index (χ1v) is 22.5. The molecule has 296 valence electrons. The van der Waals surface area contributed by atoms with Gasteiger partial charge in [0.25, 0.3) is 6.71 Å². The van der Waals surface area contributed by atoms with Crippen LogP contribution in [0.25, 0.3) is 21.2 Å². The van der Waals surface area contributed by atoms with Crippen LogP contribution in [0.2, 0.25) is 0 Å². The van der Waals surface area contributed by atoms with Gasteiger partial charge in [0.15, 0.2) is 0 Å². The zero-order chi connectivity index (χ0) is 41.4. The summed E-state index contributed by atoms with van der Waals surface area (Å²) >= 11 is 2.04. The number of hydrogen-bond donors (Lipinski definition) is 0. The van der Waals surface area contributed by atoms with Crippen LogP contribution in [0.5, 0.6) is 0 Å². The average Bonchev–Trinajstić information content (AvgIpc) is 3.57. The SMILES string of the molecule is Cc1cc2c3c(c1)N(c1ccccc1-c1ccccc1)c1c(sc4cc5c(cc14)C(C)(C)CCC5(C)C)B3c1cc(C(C)(C)C)ccc1N2c1ccc(C(C)(C)C)cc1. The molecule has 0 atom stereocenters. The van der Waals surface area contributed by atoms with Crippen molar-refractivity contribution in [1.29, 1.82) is 0 Å². The van der Waals surface area contributed by atoms with E-state index in [0.717, 1.165) is 0 Å². The maximum absolute atomic E-state index is 2.67. The molecule has 4 heteroatoms. The fraction of sp³-hybridized carbons (Fsp3) is 0.309. The van der Waals surface area contributed by atoms with Crippen LogP contribution in [0.3, 0.4) is 0 Å². The van der Waals surface area contributed by atoms with E-state index in [1.165, 1.54) is 112 Å². The smallest absolute Gasteiger partial charge is 0.264 e. The van der Waals surface area contributed by atoms with Crippen LogP contribution < -0.4 is 25.5 Å². The first-order valence-electron chi connectivity index (χ1n) is 21.7. The Morgan fingerprint density at radius 1 is 0.576 bits per heavy atom. The lowest BCUT2D eigenvalue weighted by molar-refractivity contribution is 0.332. The fourth-order valence-corrected chi connectivity index (χ4v) is 11.7. The summed E-state index contributed by atoms with van der Waals surface area (Å²) in [6.07, 6.45) is 2.39. The minimum absolute atomic E-state index is 0.000854. The number of nitrogens with zero attached hydrogens (tertiary/aromatic N) is 2. The molecule has 0 bridgehead atoms. The zero-order valence-electron chi connectivity index (χ0n) is 36.8. The summed E-state index contributed by atoms with van der Waals surface area (Å²) in [7, 11) is 0. The number of hydrogen-bond acceptors (Lipinski definition) is 3. The molecule has 0 saturated carbocycles. The lowest BCUT2D eigenvalue weighted by Crippen LogP contribution is -2.60. The maximum atomic E-state index is 2.67. The van der Waals surface area contributed by atoms with E-state index >= 15 is 0 Å². The summed E-state index contributed by atoms with van der Waals surface area (Å²) < 4.78 is 2.83. The average molecular weight is 789 g/mol. The number of aryl methyl sites for hydroxylation is 1. The highest BCUT2D eigenvalue weighted by molar-refractivity contribution is 7.33. The van der Waals surface area contributed by atoms with Crippen molar-refractivity contribution >= 4 is 78.0 Å². The molecule has 1 aromatic heterocycles. The molecule has 0 spiro atoms. The molecule has 3 heterocycles. The van der Waals surface area contributed by atoms with Gasteiger partial charge in [-0.05, 0) is 134 Å². The van der Waals surface area contributed by atoms with Gasteiger partial charge in [-0.1, -0.05) is 142 Å². The van der Waals surface area contributed by atoms with Gasteiger partial charge in [0.2, 0.25) is 0 Å². The molecular formula is C55H57BN2S. The molecule has 0 radical (unpaired) electrons. The van der Waals surface area contributed by atoms with Gasteiger partial charge in [-0.15, -0.1) is 11.3 Å². The van der Waals surface area contributed by atoms with E-state index in [2.05, 4.69) is 207 Å². The quantitative estimate of drug-likeness (QED) is 0.165. The van der Waals surface area contributed by atoms with Crippen LogP contribution in [0, 0.1) is 6.92 Å². The van der Waals surface area contributed by atoms with Crippen molar-refractivity contribution < 1.29 is 0 Å². The molecule has 0 unspecified atom stereocenters. The second kappa shape index (κ2) is 13.0. The molecule has 10 rings (SSSR count). The van der Waals surface area contributed by atoms with Crippen LogP contribution in [0.1, 0.15) is 110 Å². The van der Waals surface area contributed by atoms with Gasteiger partial charge >= 0.3 is 0 Å². The van der Waals surface area contributed by atoms with Crippen molar-refractivity contribution in [3.8, 4) is 11.1 Å². The minimum Gasteiger partial charge on any atom is -0.311 e. The van der Waals surface area contributed by atoms with E-state index in [1.807, 2.05) is 11.3 Å². The standard InChI is InChI=1S/C55H57BN2S/c1-34-29-46-49-47(30-34)58(44-20-16-15-19-39(44)35-17-13-12-14-18-35)50-40-32-41-42(55(10,11)28-27-54(41,8)9)33-48(40)59-51(50)56(49)43-31-37(53(5,6)7)23-26-45(43)57(46)38-24-21-36(22-25-38)52(2,3)4/h12-26,29-33H,27-28H2,1-11H3. The van der Waals surface area contributed by atoms with Crippen LogP contribution in [-0.4, -0.2) is 6.71 Å². The third-order valence-corrected chi connectivity index (χ3v) is 15.1. The Balaban J connectivity index is 1.34. The number of rotatable bonds is 3. The van der Waals surface area contributed by atoms with Gasteiger partial charge in [0, 0.05) is 43.2 Å². The molecule has 0 N–H and O–H groups in total. The van der Waals surface area contributed by atoms with Crippen LogP contribution in [0.4, 0.5) is 34.1 Å². The second-order valence-electron chi connectivity index (χ2n) is 21.0. The van der Waals surface area contributed by atoms with Crippen molar-refractivity contribution in [2.75, 3.05) is 9.80 Å². The summed E-state index contributed by atoms with van der Waals surface area (Å²) in [5.41, 5.74) is 20.2. The van der Waals surface area contributed by atoms with Gasteiger partial charge in [-0.3, -0.25) is 0 Å². The van der Waals surface area contributed by atoms with Gasteiger partial charge in [-0.25, -0.2) is 0 Å². The Morgan fingerprint density at radius 3 is 1.83 bits per heavy atom. The fourth-order valence-electron chi connectivity index (χ4n) is 10.3. The lowest BCUT2D eigenvalue weighted by Gasteiger charge is -2.44. The van der Waals surface area contributed by atoms with E-state index in [1.54, 1.807) is 0 Å². The van der Waals surface area contributed by atoms with Crippen molar-refractivity contribution in [2.45, 2.75) is 111 Å². The number of thiophene rings is 1. The first-order chi connectivity index (χ1) is 27.9. The third kappa shape index (κ3) is 5.95. The number of benzene rings is 6. The molecule has 0 fully saturated rings. The number of anilines is 6. The molecule has 6 aromatic carbocycles. The molecule has 0 amide bonds. The molecule has 0 saturated heterocycles. The van der Waals surface area contributed by atoms with Gasteiger partial charge in [0.1, 0.15) is 0 Å². The summed E-state index contributed by atoms with van der Waals surface area (Å²) in [6, 6.07) is 47.0. The van der Waals surface area contributed by atoms with Crippen molar-refractivity contribution in [3.05, 3.63) is 149 Å². The highest BCUT2D eigenvalue weighted by Crippen LogP contribution is 2.53. The van der Waals surface area contributed by atoms with Crippen molar-refractivity contribution in [3.63, 3.8) is 0 Å². The number of fused-ring (bicyclic) bond motifs is 7. The largest absolute Gasteiger partial charge is 0.311 e. The van der Waals surface area contributed by atoms with E-state index in [0.29, 0.717) is 0 Å². The first kappa shape index (κ1) is 38.2. The molecule has 59 heavy (non-hydrogen) atoms. The van der Waals surface area contributed by atoms with Crippen LogP contribution >= 0.6 is 11.3 Å². The monoisotopic (exact) mass is 788 g/mol. The van der Waals surface area contributed by atoms with Gasteiger partial charge < -0.3 is 9.80 Å². The minimum atomic E-state index is -0.000854. The van der Waals surface area contributed by atoms with E-state index in [-0.39, 0.29) is 28.4 Å². The molecule has 7 aromatic rings. The van der Waals surface area contributed by atoms with Crippen LogP contribution in [-0.2, 0) is 21.7 Å². The summed E-state index contributed by atoms with van der Waals surface area (Å²) in [6.45, 7) is 26.2. The van der Waals surface area contributed by atoms with Gasteiger partial charge in [-0.2, -0.15) is 0 Å². The van der Waals surface area contributed by atoms with E-state index < -0.39 is 0 Å². The predicted octanol–water partition coefficient (Wildman–Crippen LogP) is 13.9. The Bertz CT molecular complexity index is 2810. The second-order valence-corrected chi connectivity index (χ2v) is 22.1. The summed E-state index contributed by atoms with van der Waals surface area (Å²) in [4.78, 5) is 5.24. The Hall–Kier alpha value is -5.06. The van der Waals surface area contributed by atoms with Crippen molar-refractivity contribution in [2.24, 2.45) is 0 Å². The van der Waals surface area contributed by atoms with Crippen LogP contribution in [0.15, 0.2) is 121 Å². The Morgan fingerprint density at radius 2 is 1.17 bits per heavy atom. The number of para-hydroxylation sites is 1. The Labute approximate surface area is 357 Å². The predicted molar refractivity (Wildman–Crippen MR) is 259 cm³/mol. The molecule has 2 nitrogen and oxygen atoms in total. The zero-order valence-corrected chi connectivity index (χ0v) is 37.7. The molecule has 1 aliphatic carbocycles. The van der Waals surface area contributed by atoms with E-state index in [9.17, 15) is 0 Å². The molecular weight excluding hydrogens is 731 g/mol. The Kier molecular flexibility index (Phi) is 8.39. The highest BCUT2D eigenvalue weighted by atomic mass is 32.1. The highest BCUT2D eigenvalue weighted by Gasteiger charge is 2.47. The van der Waals surface area contributed by atoms with Gasteiger partial charge in [0.05, 0.1) is 11.4 Å². The topological polar surface area (TPSA) is 6.48 Å². The molecule has 2 aliphatic heterocycles. The third-order valence-electron chi connectivity index (χ3n) is 13.9. The van der Waals surface area contributed by atoms with E-state index in [4.69, 9.17) is 0 Å². The summed E-state index contributed by atoms with van der Waals surface area (Å²) in [5, 5.41) is 1.37. The normalized spacial score (nSPS) is 16.4. The van der Waals surface area contributed by atoms with Crippen molar-refractivity contribution in [1.82, 2.24) is 0 Å².